The van der Waals surface area contributed by atoms with Crippen LogP contribution in [-0.2, 0) is 7.05 Å². The number of aromatic nitrogens is 2. The molecule has 2 rings (SSSR count). The fraction of sp³-hybridized carbons (Fsp3) is 0.400. The summed E-state index contributed by atoms with van der Waals surface area (Å²) in [6, 6.07) is 10.9. The molecule has 0 aliphatic heterocycles. The van der Waals surface area contributed by atoms with E-state index in [9.17, 15) is 0 Å². The minimum absolute atomic E-state index is 0.341. The number of hydrogen-bond donors (Lipinski definition) is 1. The Bertz CT molecular complexity index is 514. The molecule has 3 nitrogen and oxygen atoms in total. The Kier molecular flexibility index (Phi) is 3.70. The molecule has 2 aromatic rings. The third-order valence-corrected chi connectivity index (χ3v) is 3.44. The fourth-order valence-corrected chi connectivity index (χ4v) is 2.26. The summed E-state index contributed by atoms with van der Waals surface area (Å²) < 4.78 is 1.93. The van der Waals surface area contributed by atoms with E-state index in [0.29, 0.717) is 6.04 Å². The van der Waals surface area contributed by atoms with Gasteiger partial charge in [-0.25, -0.2) is 0 Å². The predicted molar refractivity (Wildman–Crippen MR) is 75.8 cm³/mol. The highest BCUT2D eigenvalue weighted by atomic mass is 15.3. The fourth-order valence-electron chi connectivity index (χ4n) is 2.26. The van der Waals surface area contributed by atoms with Gasteiger partial charge in [-0.05, 0) is 25.8 Å². The molecule has 1 N–H and O–H groups in total. The van der Waals surface area contributed by atoms with Crippen LogP contribution in [0.5, 0.6) is 0 Å². The van der Waals surface area contributed by atoms with Crippen LogP contribution in [0, 0.1) is 13.8 Å². The van der Waals surface area contributed by atoms with Crippen molar-refractivity contribution in [2.75, 3.05) is 5.32 Å². The minimum atomic E-state index is 0.341. The van der Waals surface area contributed by atoms with Gasteiger partial charge in [0.05, 0.1) is 23.1 Å². The van der Waals surface area contributed by atoms with E-state index in [2.05, 4.69) is 54.6 Å². The third-order valence-electron chi connectivity index (χ3n) is 3.44. The smallest absolute Gasteiger partial charge is 0.0828 e. The number of nitrogens with one attached hydrogen (secondary N) is 1. The summed E-state index contributed by atoms with van der Waals surface area (Å²) in [6.45, 7) is 6.35. The Morgan fingerprint density at radius 3 is 2.39 bits per heavy atom. The largest absolute Gasteiger partial charge is 0.375 e. The van der Waals surface area contributed by atoms with E-state index in [-0.39, 0.29) is 0 Å². The quantitative estimate of drug-likeness (QED) is 0.889. The second-order valence-corrected chi connectivity index (χ2v) is 4.69. The molecule has 0 amide bonds. The van der Waals surface area contributed by atoms with Crippen LogP contribution in [0.1, 0.15) is 36.3 Å². The number of nitrogens with zero attached hydrogens (tertiary/aromatic N) is 2. The lowest BCUT2D eigenvalue weighted by Crippen LogP contribution is -2.10. The average Bonchev–Trinajstić information content (AvgIpc) is 2.62. The summed E-state index contributed by atoms with van der Waals surface area (Å²) in [5.74, 6) is 0. The van der Waals surface area contributed by atoms with Gasteiger partial charge < -0.3 is 5.32 Å². The molecule has 0 spiro atoms. The molecule has 1 atom stereocenters. The maximum atomic E-state index is 4.45. The van der Waals surface area contributed by atoms with Crippen LogP contribution in [0.25, 0.3) is 0 Å². The number of rotatable bonds is 4. The molecule has 0 saturated carbocycles. The third kappa shape index (κ3) is 2.40. The summed E-state index contributed by atoms with van der Waals surface area (Å²) in [5, 5.41) is 8.06. The molecule has 0 aliphatic carbocycles. The number of anilines is 1. The zero-order chi connectivity index (χ0) is 13.1. The van der Waals surface area contributed by atoms with Crippen LogP contribution < -0.4 is 5.32 Å². The highest BCUT2D eigenvalue weighted by molar-refractivity contribution is 5.53. The standard InChI is InChI=1S/C15H21N3/c1-5-14(13-9-7-6-8-10-13)16-15-11(2)17-18(4)12(15)3/h6-10,14,16H,5H2,1-4H3. The van der Waals surface area contributed by atoms with E-state index in [1.807, 2.05) is 18.7 Å². The topological polar surface area (TPSA) is 29.9 Å². The molecule has 96 valence electrons. The first-order valence-electron chi connectivity index (χ1n) is 6.45. The Morgan fingerprint density at radius 2 is 1.89 bits per heavy atom. The van der Waals surface area contributed by atoms with Crippen LogP contribution in [0.3, 0.4) is 0 Å². The number of benzene rings is 1. The highest BCUT2D eigenvalue weighted by Crippen LogP contribution is 2.26. The van der Waals surface area contributed by atoms with Gasteiger partial charge in [-0.1, -0.05) is 37.3 Å². The summed E-state index contributed by atoms with van der Waals surface area (Å²) in [6.07, 6.45) is 1.05. The van der Waals surface area contributed by atoms with Gasteiger partial charge in [0.1, 0.15) is 0 Å². The van der Waals surface area contributed by atoms with Crippen molar-refractivity contribution in [2.24, 2.45) is 7.05 Å². The van der Waals surface area contributed by atoms with Gasteiger partial charge in [0, 0.05) is 7.05 Å². The van der Waals surface area contributed by atoms with Gasteiger partial charge in [0.25, 0.3) is 0 Å². The van der Waals surface area contributed by atoms with E-state index in [1.54, 1.807) is 0 Å². The zero-order valence-corrected chi connectivity index (χ0v) is 11.6. The molecule has 18 heavy (non-hydrogen) atoms. The first-order valence-corrected chi connectivity index (χ1v) is 6.45. The zero-order valence-electron chi connectivity index (χ0n) is 11.6. The van der Waals surface area contributed by atoms with Gasteiger partial charge in [0.15, 0.2) is 0 Å². The lowest BCUT2D eigenvalue weighted by molar-refractivity contribution is 0.728. The molecule has 0 aliphatic rings. The van der Waals surface area contributed by atoms with Crippen molar-refractivity contribution in [2.45, 2.75) is 33.2 Å². The molecule has 1 aromatic carbocycles. The maximum absolute atomic E-state index is 4.45. The molecule has 1 heterocycles. The first kappa shape index (κ1) is 12.7. The summed E-state index contributed by atoms with van der Waals surface area (Å²) in [7, 11) is 1.98. The van der Waals surface area contributed by atoms with Gasteiger partial charge in [0.2, 0.25) is 0 Å². The summed E-state index contributed by atoms with van der Waals surface area (Å²) in [5.41, 5.74) is 4.72. The summed E-state index contributed by atoms with van der Waals surface area (Å²) >= 11 is 0. The molecule has 0 fully saturated rings. The lowest BCUT2D eigenvalue weighted by atomic mass is 10.0. The van der Waals surface area contributed by atoms with E-state index < -0.39 is 0 Å². The van der Waals surface area contributed by atoms with E-state index >= 15 is 0 Å². The summed E-state index contributed by atoms with van der Waals surface area (Å²) in [4.78, 5) is 0. The van der Waals surface area contributed by atoms with Crippen LogP contribution in [0.2, 0.25) is 0 Å². The van der Waals surface area contributed by atoms with Crippen LogP contribution in [-0.4, -0.2) is 9.78 Å². The molecule has 0 radical (unpaired) electrons. The molecule has 0 saturated heterocycles. The normalized spacial score (nSPS) is 12.4. The molecule has 0 bridgehead atoms. The lowest BCUT2D eigenvalue weighted by Gasteiger charge is -2.19. The van der Waals surface area contributed by atoms with Crippen LogP contribution in [0.15, 0.2) is 30.3 Å². The van der Waals surface area contributed by atoms with Crippen molar-refractivity contribution >= 4 is 5.69 Å². The van der Waals surface area contributed by atoms with Crippen LogP contribution in [0.4, 0.5) is 5.69 Å². The van der Waals surface area contributed by atoms with Crippen molar-refractivity contribution in [3.05, 3.63) is 47.3 Å². The highest BCUT2D eigenvalue weighted by Gasteiger charge is 2.14. The molecule has 3 heteroatoms. The minimum Gasteiger partial charge on any atom is -0.375 e. The number of aryl methyl sites for hydroxylation is 2. The first-order chi connectivity index (χ1) is 8.63. The Morgan fingerprint density at radius 1 is 1.22 bits per heavy atom. The van der Waals surface area contributed by atoms with E-state index in [4.69, 9.17) is 0 Å². The van der Waals surface area contributed by atoms with Gasteiger partial charge >= 0.3 is 0 Å². The van der Waals surface area contributed by atoms with Gasteiger partial charge in [-0.2, -0.15) is 5.10 Å². The monoisotopic (exact) mass is 243 g/mol. The van der Waals surface area contributed by atoms with Gasteiger partial charge in [-0.3, -0.25) is 4.68 Å². The predicted octanol–water partition coefficient (Wildman–Crippen LogP) is 3.60. The molecule has 1 aromatic heterocycles. The van der Waals surface area contributed by atoms with Crippen molar-refractivity contribution in [3.8, 4) is 0 Å². The van der Waals surface area contributed by atoms with Crippen molar-refractivity contribution < 1.29 is 0 Å². The van der Waals surface area contributed by atoms with Crippen molar-refractivity contribution in [3.63, 3.8) is 0 Å². The maximum Gasteiger partial charge on any atom is 0.0828 e. The molecular formula is C15H21N3. The Balaban J connectivity index is 2.26. The second-order valence-electron chi connectivity index (χ2n) is 4.69. The van der Waals surface area contributed by atoms with Crippen molar-refractivity contribution in [1.29, 1.82) is 0 Å². The van der Waals surface area contributed by atoms with Crippen LogP contribution >= 0.6 is 0 Å². The second kappa shape index (κ2) is 5.25. The molecular weight excluding hydrogens is 222 g/mol. The average molecular weight is 243 g/mol. The number of hydrogen-bond acceptors (Lipinski definition) is 2. The van der Waals surface area contributed by atoms with Crippen molar-refractivity contribution in [1.82, 2.24) is 9.78 Å². The molecule has 1 unspecified atom stereocenters. The Hall–Kier alpha value is -1.77. The van der Waals surface area contributed by atoms with E-state index in [1.165, 1.54) is 11.3 Å². The van der Waals surface area contributed by atoms with Gasteiger partial charge in [-0.15, -0.1) is 0 Å². The van der Waals surface area contributed by atoms with E-state index in [0.717, 1.165) is 17.8 Å². The Labute approximate surface area is 109 Å². The SMILES string of the molecule is CCC(Nc1c(C)nn(C)c1C)c1ccccc1.